The summed E-state index contributed by atoms with van der Waals surface area (Å²) in [7, 11) is 2.32. The van der Waals surface area contributed by atoms with Gasteiger partial charge >= 0.3 is 11.9 Å². The van der Waals surface area contributed by atoms with Crippen molar-refractivity contribution in [3.63, 3.8) is 0 Å². The number of unbranched alkanes of at least 4 members (excludes halogenated alkanes) is 2. The summed E-state index contributed by atoms with van der Waals surface area (Å²) in [5, 5.41) is 7.23. The molecule has 3 N–H and O–H groups in total. The molecule has 0 aromatic heterocycles. The minimum Gasteiger partial charge on any atom is -0.468 e. The van der Waals surface area contributed by atoms with Crippen molar-refractivity contribution in [3.8, 4) is 0 Å². The second-order valence-electron chi connectivity index (χ2n) is 6.42. The van der Waals surface area contributed by atoms with Crippen LogP contribution in [-0.4, -0.2) is 68.3 Å². The van der Waals surface area contributed by atoms with Gasteiger partial charge in [0.25, 0.3) is 0 Å². The van der Waals surface area contributed by atoms with Crippen LogP contribution in [0.25, 0.3) is 0 Å². The van der Waals surface area contributed by atoms with Crippen LogP contribution in [0.4, 0.5) is 0 Å². The first-order chi connectivity index (χ1) is 14.8. The maximum absolute atomic E-state index is 12.3. The van der Waals surface area contributed by atoms with E-state index < -0.39 is 42.4 Å². The summed E-state index contributed by atoms with van der Waals surface area (Å²) in [5.41, 5.74) is 0. The summed E-state index contributed by atoms with van der Waals surface area (Å²) >= 11 is 0.524. The first-order valence-electron chi connectivity index (χ1n) is 9.74. The molecule has 3 amide bonds. The molecule has 0 aliphatic carbocycles. The fourth-order valence-corrected chi connectivity index (χ4v) is 2.82. The van der Waals surface area contributed by atoms with E-state index in [1.165, 1.54) is 7.11 Å². The third-order valence-electron chi connectivity index (χ3n) is 4.07. The number of amides is 3. The highest BCUT2D eigenvalue weighted by molar-refractivity contribution is 7.97. The quantitative estimate of drug-likeness (QED) is 0.125. The van der Waals surface area contributed by atoms with Gasteiger partial charge in [-0.2, -0.15) is 0 Å². The number of methoxy groups -OCH3 is 2. The Morgan fingerprint density at radius 3 is 2.16 bits per heavy atom. The molecule has 12 nitrogen and oxygen atoms in total. The Kier molecular flexibility index (Phi) is 15.5. The van der Waals surface area contributed by atoms with E-state index in [4.69, 9.17) is 0 Å². The number of hydrogen-bond donors (Lipinski definition) is 3. The topological polar surface area (TPSA) is 169 Å². The lowest BCUT2D eigenvalue weighted by Crippen LogP contribution is -2.49. The molecular weight excluding hydrogens is 432 g/mol. The van der Waals surface area contributed by atoms with E-state index in [1.807, 2.05) is 6.92 Å². The van der Waals surface area contributed by atoms with Gasteiger partial charge in [0.05, 0.1) is 14.2 Å². The highest BCUT2D eigenvalue weighted by atomic mass is 32.2. The molecule has 31 heavy (non-hydrogen) atoms. The largest absolute Gasteiger partial charge is 0.468 e. The Hall–Kier alpha value is -2.70. The number of carbonyl (C=O) groups excluding carboxylic acids is 5. The number of nitrogens with one attached hydrogen (secondary N) is 3. The van der Waals surface area contributed by atoms with Crippen LogP contribution < -0.4 is 16.0 Å². The minimum absolute atomic E-state index is 0.0480. The van der Waals surface area contributed by atoms with E-state index in [0.717, 1.165) is 20.0 Å². The molecule has 0 fully saturated rings. The maximum atomic E-state index is 12.3. The Labute approximate surface area is 185 Å². The van der Waals surface area contributed by atoms with Crippen molar-refractivity contribution in [3.05, 3.63) is 4.91 Å². The van der Waals surface area contributed by atoms with Gasteiger partial charge in [-0.05, 0) is 12.8 Å². The normalized spacial score (nSPS) is 12.1. The lowest BCUT2D eigenvalue weighted by atomic mass is 10.1. The van der Waals surface area contributed by atoms with Gasteiger partial charge in [0.2, 0.25) is 17.7 Å². The molecule has 0 aliphatic rings. The van der Waals surface area contributed by atoms with Crippen LogP contribution in [0.5, 0.6) is 0 Å². The molecule has 0 bridgehead atoms. The Balaban J connectivity index is 4.80. The highest BCUT2D eigenvalue weighted by Gasteiger charge is 2.25. The van der Waals surface area contributed by atoms with Crippen LogP contribution in [-0.2, 0) is 33.4 Å². The Morgan fingerprint density at radius 1 is 0.935 bits per heavy atom. The van der Waals surface area contributed by atoms with Crippen LogP contribution in [0.2, 0.25) is 0 Å². The Bertz CT molecular complexity index is 632. The van der Waals surface area contributed by atoms with Gasteiger partial charge in [0.1, 0.15) is 18.6 Å². The van der Waals surface area contributed by atoms with Gasteiger partial charge in [0, 0.05) is 35.1 Å². The molecule has 0 aromatic carbocycles. The lowest BCUT2D eigenvalue weighted by Gasteiger charge is -2.19. The first kappa shape index (κ1) is 28.3. The van der Waals surface area contributed by atoms with Gasteiger partial charge in [-0.25, -0.2) is 4.79 Å². The van der Waals surface area contributed by atoms with E-state index in [9.17, 15) is 28.9 Å². The molecule has 0 spiro atoms. The third kappa shape index (κ3) is 13.3. The van der Waals surface area contributed by atoms with E-state index in [2.05, 4.69) is 30.0 Å². The van der Waals surface area contributed by atoms with Crippen molar-refractivity contribution in [2.75, 3.05) is 26.5 Å². The highest BCUT2D eigenvalue weighted by Crippen LogP contribution is 2.07. The van der Waals surface area contributed by atoms with Gasteiger partial charge in [0.15, 0.2) is 0 Å². The average Bonchev–Trinajstić information content (AvgIpc) is 2.76. The van der Waals surface area contributed by atoms with Crippen molar-refractivity contribution in [1.82, 2.24) is 16.0 Å². The molecule has 0 rings (SSSR count). The molecule has 0 aromatic rings. The number of nitroso groups, excluding NO2 is 1. The number of ether oxygens (including phenoxy) is 2. The van der Waals surface area contributed by atoms with Crippen LogP contribution in [0.1, 0.15) is 45.4 Å². The number of hydrogen-bond acceptors (Lipinski definition) is 10. The summed E-state index contributed by atoms with van der Waals surface area (Å²) in [6, 6.07) is -2.15. The smallest absolute Gasteiger partial charge is 0.328 e. The molecule has 13 heteroatoms. The minimum atomic E-state index is -1.14. The zero-order valence-corrected chi connectivity index (χ0v) is 18.7. The predicted octanol–water partition coefficient (Wildman–Crippen LogP) is 0.193. The summed E-state index contributed by atoms with van der Waals surface area (Å²) in [4.78, 5) is 69.8. The van der Waals surface area contributed by atoms with Gasteiger partial charge in [-0.1, -0.05) is 19.8 Å². The van der Waals surface area contributed by atoms with Crippen LogP contribution in [0.15, 0.2) is 4.58 Å². The van der Waals surface area contributed by atoms with Crippen molar-refractivity contribution < 1.29 is 33.4 Å². The van der Waals surface area contributed by atoms with Gasteiger partial charge in [-0.15, -0.1) is 4.91 Å². The van der Waals surface area contributed by atoms with E-state index >= 15 is 0 Å². The van der Waals surface area contributed by atoms with Crippen molar-refractivity contribution >= 4 is 41.6 Å². The fraction of sp³-hybridized carbons (Fsp3) is 0.722. The second kappa shape index (κ2) is 17.0. The SMILES string of the molecule is CCCCCC(=O)NC(CCC(=O)NC(CSN=O)C(=O)NCC(=O)OC)C(=O)OC. The van der Waals surface area contributed by atoms with E-state index in [1.54, 1.807) is 0 Å². The average molecular weight is 463 g/mol. The second-order valence-corrected chi connectivity index (χ2v) is 7.16. The number of esters is 2. The van der Waals surface area contributed by atoms with Crippen molar-refractivity contribution in [1.29, 1.82) is 0 Å². The molecule has 2 atom stereocenters. The molecule has 0 saturated heterocycles. The number of nitrogens with zero attached hydrogens (tertiary/aromatic N) is 1. The molecule has 0 aliphatic heterocycles. The zero-order chi connectivity index (χ0) is 23.6. The third-order valence-corrected chi connectivity index (χ3v) is 4.66. The monoisotopic (exact) mass is 462 g/mol. The molecule has 0 radical (unpaired) electrons. The van der Waals surface area contributed by atoms with E-state index in [-0.39, 0.29) is 30.9 Å². The lowest BCUT2D eigenvalue weighted by molar-refractivity contribution is -0.145. The molecular formula is C18H30N4O8S. The summed E-state index contributed by atoms with van der Waals surface area (Å²) in [5.74, 6) is -3.16. The number of carbonyl (C=O) groups is 5. The summed E-state index contributed by atoms with van der Waals surface area (Å²) in [6.45, 7) is 1.59. The summed E-state index contributed by atoms with van der Waals surface area (Å²) in [6.07, 6.45) is 2.52. The van der Waals surface area contributed by atoms with Gasteiger partial charge < -0.3 is 25.4 Å². The summed E-state index contributed by atoms with van der Waals surface area (Å²) < 4.78 is 11.7. The zero-order valence-electron chi connectivity index (χ0n) is 17.9. The predicted molar refractivity (Wildman–Crippen MR) is 113 cm³/mol. The molecule has 176 valence electrons. The van der Waals surface area contributed by atoms with Crippen molar-refractivity contribution in [2.24, 2.45) is 4.58 Å². The molecule has 0 saturated carbocycles. The van der Waals surface area contributed by atoms with Gasteiger partial charge in [-0.3, -0.25) is 19.2 Å². The molecule has 2 unspecified atom stereocenters. The standard InChI is InChI=1S/C18H30N4O8S/c1-4-5-6-7-14(23)20-12(18(27)30-3)8-9-15(24)21-13(11-31-22-28)17(26)19-10-16(25)29-2/h12-13H,4-11H2,1-3H3,(H,19,26)(H,20,23)(H,21,24). The van der Waals surface area contributed by atoms with E-state index in [0.29, 0.717) is 18.4 Å². The maximum Gasteiger partial charge on any atom is 0.328 e. The van der Waals surface area contributed by atoms with Crippen LogP contribution in [0.3, 0.4) is 0 Å². The van der Waals surface area contributed by atoms with Crippen LogP contribution >= 0.6 is 11.9 Å². The van der Waals surface area contributed by atoms with Crippen LogP contribution in [0, 0.1) is 4.91 Å². The Morgan fingerprint density at radius 2 is 1.58 bits per heavy atom. The molecule has 0 heterocycles. The number of rotatable bonds is 16. The van der Waals surface area contributed by atoms with Crippen molar-refractivity contribution in [2.45, 2.75) is 57.5 Å². The fourth-order valence-electron chi connectivity index (χ4n) is 2.38. The first-order valence-corrected chi connectivity index (χ1v) is 10.7.